The fraction of sp³-hybridized carbons (Fsp3) is 0. The third-order valence-corrected chi connectivity index (χ3v) is 1.88. The molecule has 1 aromatic carbocycles. The quantitative estimate of drug-likeness (QED) is 0.778. The molecular formula is C10H7F2N3. The summed E-state index contributed by atoms with van der Waals surface area (Å²) in [5, 5.41) is 0. The predicted octanol–water partition coefficient (Wildman–Crippen LogP) is 2.00. The minimum absolute atomic E-state index is 0.198. The monoisotopic (exact) mass is 207 g/mol. The van der Waals surface area contributed by atoms with Crippen LogP contribution in [0.2, 0.25) is 0 Å². The van der Waals surface area contributed by atoms with Gasteiger partial charge in [-0.3, -0.25) is 4.98 Å². The Bertz CT molecular complexity index is 483. The first-order chi connectivity index (χ1) is 7.16. The lowest BCUT2D eigenvalue weighted by molar-refractivity contribution is 0.585. The molecule has 0 aliphatic rings. The Labute approximate surface area is 84.6 Å². The molecule has 3 nitrogen and oxygen atoms in total. The zero-order chi connectivity index (χ0) is 10.8. The zero-order valence-electron chi connectivity index (χ0n) is 7.61. The molecule has 5 heteroatoms. The number of aromatic nitrogens is 2. The lowest BCUT2D eigenvalue weighted by Gasteiger charge is -2.02. The van der Waals surface area contributed by atoms with Crippen molar-refractivity contribution in [3.63, 3.8) is 0 Å². The van der Waals surface area contributed by atoms with Crippen molar-refractivity contribution >= 4 is 5.82 Å². The summed E-state index contributed by atoms with van der Waals surface area (Å²) in [4.78, 5) is 7.66. The smallest absolute Gasteiger partial charge is 0.141 e. The molecule has 1 heterocycles. The minimum atomic E-state index is -0.672. The maximum absolute atomic E-state index is 13.3. The second kappa shape index (κ2) is 3.61. The van der Waals surface area contributed by atoms with Crippen LogP contribution in [0.4, 0.5) is 14.6 Å². The van der Waals surface area contributed by atoms with Crippen molar-refractivity contribution in [1.82, 2.24) is 9.97 Å². The van der Waals surface area contributed by atoms with Gasteiger partial charge in [-0.15, -0.1) is 0 Å². The Hall–Kier alpha value is -2.04. The molecule has 0 saturated heterocycles. The van der Waals surface area contributed by atoms with E-state index in [9.17, 15) is 8.78 Å². The Morgan fingerprint density at radius 1 is 1.07 bits per heavy atom. The zero-order valence-corrected chi connectivity index (χ0v) is 7.61. The summed E-state index contributed by atoms with van der Waals surface area (Å²) in [6.07, 6.45) is 2.66. The highest BCUT2D eigenvalue weighted by molar-refractivity contribution is 5.59. The highest BCUT2D eigenvalue weighted by Crippen LogP contribution is 2.20. The highest BCUT2D eigenvalue weighted by atomic mass is 19.1. The summed E-state index contributed by atoms with van der Waals surface area (Å²) < 4.78 is 25.9. The topological polar surface area (TPSA) is 51.8 Å². The second-order valence-corrected chi connectivity index (χ2v) is 2.95. The van der Waals surface area contributed by atoms with Crippen LogP contribution in [0.25, 0.3) is 11.3 Å². The van der Waals surface area contributed by atoms with E-state index in [1.54, 1.807) is 0 Å². The summed E-state index contributed by atoms with van der Waals surface area (Å²) in [7, 11) is 0. The summed E-state index contributed by atoms with van der Waals surface area (Å²) in [6.45, 7) is 0. The Morgan fingerprint density at radius 3 is 2.47 bits per heavy atom. The molecule has 0 fully saturated rings. The van der Waals surface area contributed by atoms with E-state index in [0.29, 0.717) is 5.69 Å². The maximum Gasteiger partial charge on any atom is 0.141 e. The number of nitrogen functional groups attached to an aromatic ring is 1. The van der Waals surface area contributed by atoms with Gasteiger partial charge in [0, 0.05) is 11.6 Å². The van der Waals surface area contributed by atoms with Crippen molar-refractivity contribution in [2.24, 2.45) is 0 Å². The first-order valence-electron chi connectivity index (χ1n) is 4.20. The first-order valence-corrected chi connectivity index (χ1v) is 4.20. The van der Waals surface area contributed by atoms with E-state index in [-0.39, 0.29) is 11.4 Å². The molecule has 2 N–H and O–H groups in total. The molecular weight excluding hydrogens is 200 g/mol. The van der Waals surface area contributed by atoms with Crippen molar-refractivity contribution in [1.29, 1.82) is 0 Å². The lowest BCUT2D eigenvalue weighted by Crippen LogP contribution is -1.94. The van der Waals surface area contributed by atoms with Crippen LogP contribution in [0.5, 0.6) is 0 Å². The van der Waals surface area contributed by atoms with Crippen LogP contribution in [0, 0.1) is 11.6 Å². The van der Waals surface area contributed by atoms with E-state index in [1.807, 2.05) is 0 Å². The third kappa shape index (κ3) is 1.90. The summed E-state index contributed by atoms with van der Waals surface area (Å²) in [5.74, 6) is -1.05. The van der Waals surface area contributed by atoms with Gasteiger partial charge in [-0.05, 0) is 12.1 Å². The Morgan fingerprint density at radius 2 is 1.87 bits per heavy atom. The van der Waals surface area contributed by atoms with Crippen molar-refractivity contribution in [3.8, 4) is 11.3 Å². The van der Waals surface area contributed by atoms with Crippen LogP contribution in [-0.4, -0.2) is 9.97 Å². The Balaban J connectivity index is 2.49. The average Bonchev–Trinajstić information content (AvgIpc) is 2.20. The summed E-state index contributed by atoms with van der Waals surface area (Å²) >= 11 is 0. The van der Waals surface area contributed by atoms with E-state index in [4.69, 9.17) is 5.73 Å². The van der Waals surface area contributed by atoms with Crippen molar-refractivity contribution in [2.75, 3.05) is 5.73 Å². The number of nitrogens with two attached hydrogens (primary N) is 1. The molecule has 76 valence electrons. The highest BCUT2D eigenvalue weighted by Gasteiger charge is 2.07. The molecule has 2 rings (SSSR count). The van der Waals surface area contributed by atoms with Crippen molar-refractivity contribution in [2.45, 2.75) is 0 Å². The van der Waals surface area contributed by atoms with E-state index in [0.717, 1.165) is 12.1 Å². The predicted molar refractivity (Wildman–Crippen MR) is 51.8 cm³/mol. The van der Waals surface area contributed by atoms with Gasteiger partial charge in [-0.2, -0.15) is 0 Å². The van der Waals surface area contributed by atoms with Gasteiger partial charge in [0.1, 0.15) is 17.5 Å². The van der Waals surface area contributed by atoms with Gasteiger partial charge in [-0.1, -0.05) is 0 Å². The van der Waals surface area contributed by atoms with Crippen LogP contribution in [0.1, 0.15) is 0 Å². The van der Waals surface area contributed by atoms with Gasteiger partial charge < -0.3 is 5.73 Å². The van der Waals surface area contributed by atoms with Gasteiger partial charge in [0.05, 0.1) is 18.1 Å². The SMILES string of the molecule is Nc1cnc(-c2ccc(F)cc2F)cn1. The molecule has 0 bridgehead atoms. The van der Waals surface area contributed by atoms with Gasteiger partial charge in [-0.25, -0.2) is 13.8 Å². The number of hydrogen-bond donors (Lipinski definition) is 1. The summed E-state index contributed by atoms with van der Waals surface area (Å²) in [6, 6.07) is 3.27. The van der Waals surface area contributed by atoms with Crippen molar-refractivity contribution < 1.29 is 8.78 Å². The molecule has 0 amide bonds. The van der Waals surface area contributed by atoms with Crippen LogP contribution < -0.4 is 5.73 Å². The van der Waals surface area contributed by atoms with E-state index in [1.165, 1.54) is 18.5 Å². The normalized spacial score (nSPS) is 10.3. The fourth-order valence-corrected chi connectivity index (χ4v) is 1.17. The van der Waals surface area contributed by atoms with E-state index >= 15 is 0 Å². The van der Waals surface area contributed by atoms with Crippen LogP contribution >= 0.6 is 0 Å². The number of nitrogens with zero attached hydrogens (tertiary/aromatic N) is 2. The molecule has 0 aliphatic heterocycles. The maximum atomic E-state index is 13.3. The molecule has 0 atom stereocenters. The van der Waals surface area contributed by atoms with Gasteiger partial charge in [0.25, 0.3) is 0 Å². The second-order valence-electron chi connectivity index (χ2n) is 2.95. The standard InChI is InChI=1S/C10H7F2N3/c11-6-1-2-7(8(12)3-6)9-4-15-10(13)5-14-9/h1-5H,(H2,13,15). The molecule has 0 spiro atoms. The van der Waals surface area contributed by atoms with Crippen LogP contribution in [0.3, 0.4) is 0 Å². The van der Waals surface area contributed by atoms with Gasteiger partial charge in [0.2, 0.25) is 0 Å². The number of anilines is 1. The van der Waals surface area contributed by atoms with Crippen LogP contribution in [0.15, 0.2) is 30.6 Å². The molecule has 0 saturated carbocycles. The van der Waals surface area contributed by atoms with Gasteiger partial charge in [0.15, 0.2) is 0 Å². The fourth-order valence-electron chi connectivity index (χ4n) is 1.17. The molecule has 1 aromatic heterocycles. The van der Waals surface area contributed by atoms with Gasteiger partial charge >= 0.3 is 0 Å². The largest absolute Gasteiger partial charge is 0.382 e. The molecule has 0 radical (unpaired) electrons. The number of halogens is 2. The number of hydrogen-bond acceptors (Lipinski definition) is 3. The van der Waals surface area contributed by atoms with E-state index in [2.05, 4.69) is 9.97 Å². The molecule has 0 unspecified atom stereocenters. The molecule has 15 heavy (non-hydrogen) atoms. The van der Waals surface area contributed by atoms with E-state index < -0.39 is 11.6 Å². The number of benzene rings is 1. The summed E-state index contributed by atoms with van der Waals surface area (Å²) in [5.41, 5.74) is 5.86. The Kier molecular flexibility index (Phi) is 2.29. The molecule has 0 aliphatic carbocycles. The van der Waals surface area contributed by atoms with Crippen LogP contribution in [-0.2, 0) is 0 Å². The molecule has 2 aromatic rings. The average molecular weight is 207 g/mol. The third-order valence-electron chi connectivity index (χ3n) is 1.88. The lowest BCUT2D eigenvalue weighted by atomic mass is 10.1. The van der Waals surface area contributed by atoms with Crippen molar-refractivity contribution in [3.05, 3.63) is 42.2 Å². The number of rotatable bonds is 1. The minimum Gasteiger partial charge on any atom is -0.382 e. The first kappa shape index (κ1) is 9.51.